The number of para-hydroxylation sites is 1. The first kappa shape index (κ1) is 14.5. The summed E-state index contributed by atoms with van der Waals surface area (Å²) in [5, 5.41) is 13.1. The van der Waals surface area contributed by atoms with Crippen molar-refractivity contribution in [1.29, 1.82) is 0 Å². The van der Waals surface area contributed by atoms with Crippen molar-refractivity contribution in [3.8, 4) is 0 Å². The summed E-state index contributed by atoms with van der Waals surface area (Å²) in [5.74, 6) is -0.411. The third-order valence-corrected chi connectivity index (χ3v) is 3.36. The molecular weight excluding hydrogens is 271 g/mol. The van der Waals surface area contributed by atoms with E-state index in [9.17, 15) is 9.50 Å². The molecule has 6 heteroatoms. The van der Waals surface area contributed by atoms with Crippen LogP contribution in [-0.2, 0) is 4.74 Å². The van der Waals surface area contributed by atoms with Gasteiger partial charge in [0.05, 0.1) is 30.0 Å². The molecule has 1 fully saturated rings. The lowest BCUT2D eigenvalue weighted by atomic mass is 10.2. The number of rotatable bonds is 5. The Morgan fingerprint density at radius 3 is 2.84 bits per heavy atom. The van der Waals surface area contributed by atoms with Crippen LogP contribution in [0.2, 0.25) is 5.02 Å². The lowest BCUT2D eigenvalue weighted by Crippen LogP contribution is -2.42. The molecule has 1 aliphatic rings. The molecular formula is C13H18ClFN2O2. The van der Waals surface area contributed by atoms with Gasteiger partial charge in [-0.15, -0.1) is 0 Å². The molecule has 0 bridgehead atoms. The van der Waals surface area contributed by atoms with E-state index in [1.54, 1.807) is 12.1 Å². The molecule has 1 heterocycles. The average molecular weight is 289 g/mol. The number of aliphatic hydroxyl groups is 1. The highest BCUT2D eigenvalue weighted by Gasteiger charge is 2.15. The molecule has 0 aliphatic carbocycles. The van der Waals surface area contributed by atoms with Gasteiger partial charge in [-0.05, 0) is 12.1 Å². The molecule has 0 amide bonds. The predicted octanol–water partition coefficient (Wildman–Crippen LogP) is 1.58. The zero-order valence-electron chi connectivity index (χ0n) is 10.6. The number of β-amino-alcohol motifs (C(OH)–C–C–N with tert-alkyl or cyclic N) is 1. The Morgan fingerprint density at radius 2 is 2.16 bits per heavy atom. The van der Waals surface area contributed by atoms with Crippen LogP contribution in [0, 0.1) is 5.82 Å². The number of nitrogens with zero attached hydrogens (tertiary/aromatic N) is 1. The Labute approximate surface area is 117 Å². The number of hydrogen-bond acceptors (Lipinski definition) is 4. The van der Waals surface area contributed by atoms with Crippen LogP contribution < -0.4 is 5.32 Å². The molecule has 1 aliphatic heterocycles. The number of anilines is 1. The highest BCUT2D eigenvalue weighted by molar-refractivity contribution is 6.33. The number of halogens is 2. The number of nitrogens with one attached hydrogen (secondary N) is 1. The van der Waals surface area contributed by atoms with Gasteiger partial charge in [0, 0.05) is 26.2 Å². The van der Waals surface area contributed by atoms with Crippen LogP contribution >= 0.6 is 11.6 Å². The Balaban J connectivity index is 1.81. The lowest BCUT2D eigenvalue weighted by Gasteiger charge is -2.28. The third kappa shape index (κ3) is 4.31. The molecule has 2 rings (SSSR count). The third-order valence-electron chi connectivity index (χ3n) is 3.05. The minimum atomic E-state index is -0.575. The predicted molar refractivity (Wildman–Crippen MR) is 73.2 cm³/mol. The van der Waals surface area contributed by atoms with Gasteiger partial charge in [0.15, 0.2) is 0 Å². The molecule has 4 nitrogen and oxygen atoms in total. The summed E-state index contributed by atoms with van der Waals surface area (Å²) in [4.78, 5) is 2.12. The summed E-state index contributed by atoms with van der Waals surface area (Å²) in [6, 6.07) is 4.50. The van der Waals surface area contributed by atoms with Crippen molar-refractivity contribution in [2.45, 2.75) is 6.10 Å². The van der Waals surface area contributed by atoms with E-state index in [0.29, 0.717) is 24.8 Å². The van der Waals surface area contributed by atoms with Crippen molar-refractivity contribution >= 4 is 17.3 Å². The molecule has 2 N–H and O–H groups in total. The maximum absolute atomic E-state index is 13.5. The highest BCUT2D eigenvalue weighted by Crippen LogP contribution is 2.24. The summed E-state index contributed by atoms with van der Waals surface area (Å²) in [5.41, 5.74) is 0.241. The van der Waals surface area contributed by atoms with Crippen LogP contribution in [0.15, 0.2) is 18.2 Å². The monoisotopic (exact) mass is 288 g/mol. The second kappa shape index (κ2) is 7.05. The summed E-state index contributed by atoms with van der Waals surface area (Å²) < 4.78 is 18.7. The molecule has 106 valence electrons. The normalized spacial score (nSPS) is 18.3. The van der Waals surface area contributed by atoms with Crippen LogP contribution in [0.4, 0.5) is 10.1 Å². The number of hydrogen-bond donors (Lipinski definition) is 2. The van der Waals surface area contributed by atoms with Crippen molar-refractivity contribution in [3.63, 3.8) is 0 Å². The second-order valence-corrected chi connectivity index (χ2v) is 4.95. The first-order chi connectivity index (χ1) is 9.16. The maximum Gasteiger partial charge on any atom is 0.147 e. The average Bonchev–Trinajstić information content (AvgIpc) is 2.39. The van der Waals surface area contributed by atoms with Crippen molar-refractivity contribution in [1.82, 2.24) is 4.90 Å². The van der Waals surface area contributed by atoms with Crippen LogP contribution in [0.5, 0.6) is 0 Å². The molecule has 0 spiro atoms. The van der Waals surface area contributed by atoms with Gasteiger partial charge in [-0.25, -0.2) is 4.39 Å². The number of aliphatic hydroxyl groups excluding tert-OH is 1. The minimum Gasteiger partial charge on any atom is -0.390 e. The number of benzene rings is 1. The first-order valence-electron chi connectivity index (χ1n) is 6.33. The Kier molecular flexibility index (Phi) is 5.39. The van der Waals surface area contributed by atoms with E-state index in [1.807, 2.05) is 0 Å². The van der Waals surface area contributed by atoms with E-state index in [1.165, 1.54) is 6.07 Å². The SMILES string of the molecule is OC(CNc1c(F)cccc1Cl)CN1CCOCC1. The van der Waals surface area contributed by atoms with E-state index in [0.717, 1.165) is 13.1 Å². The zero-order chi connectivity index (χ0) is 13.7. The quantitative estimate of drug-likeness (QED) is 0.864. The van der Waals surface area contributed by atoms with Gasteiger partial charge >= 0.3 is 0 Å². The summed E-state index contributed by atoms with van der Waals surface area (Å²) >= 11 is 5.89. The smallest absolute Gasteiger partial charge is 0.147 e. The van der Waals surface area contributed by atoms with Gasteiger partial charge in [0.2, 0.25) is 0 Å². The second-order valence-electron chi connectivity index (χ2n) is 4.54. The molecule has 1 aromatic carbocycles. The number of morpholine rings is 1. The largest absolute Gasteiger partial charge is 0.390 e. The molecule has 0 radical (unpaired) electrons. The maximum atomic E-state index is 13.5. The van der Waals surface area contributed by atoms with Crippen LogP contribution in [0.1, 0.15) is 0 Å². The number of ether oxygens (including phenoxy) is 1. The van der Waals surface area contributed by atoms with Gasteiger partial charge in [0.25, 0.3) is 0 Å². The fraction of sp³-hybridized carbons (Fsp3) is 0.538. The lowest BCUT2D eigenvalue weighted by molar-refractivity contribution is 0.0171. The Hall–Kier alpha value is -0.880. The van der Waals surface area contributed by atoms with E-state index >= 15 is 0 Å². The molecule has 0 saturated carbocycles. The van der Waals surface area contributed by atoms with Gasteiger partial charge in [-0.2, -0.15) is 0 Å². The first-order valence-corrected chi connectivity index (χ1v) is 6.70. The van der Waals surface area contributed by atoms with Crippen molar-refractivity contribution in [2.75, 3.05) is 44.7 Å². The van der Waals surface area contributed by atoms with Crippen molar-refractivity contribution in [3.05, 3.63) is 29.0 Å². The Morgan fingerprint density at radius 1 is 1.42 bits per heavy atom. The Bertz CT molecular complexity index is 393. The van der Waals surface area contributed by atoms with Gasteiger partial charge in [-0.3, -0.25) is 4.90 Å². The fourth-order valence-corrected chi connectivity index (χ4v) is 2.26. The van der Waals surface area contributed by atoms with Crippen LogP contribution in [-0.4, -0.2) is 55.5 Å². The molecule has 0 aromatic heterocycles. The van der Waals surface area contributed by atoms with E-state index in [-0.39, 0.29) is 12.2 Å². The van der Waals surface area contributed by atoms with Crippen LogP contribution in [0.3, 0.4) is 0 Å². The standard InChI is InChI=1S/C13H18ClFN2O2/c14-11-2-1-3-12(15)13(11)16-8-10(18)9-17-4-6-19-7-5-17/h1-3,10,16,18H,4-9H2. The summed E-state index contributed by atoms with van der Waals surface area (Å²) in [6.45, 7) is 3.83. The molecule has 1 saturated heterocycles. The van der Waals surface area contributed by atoms with Crippen LogP contribution in [0.25, 0.3) is 0 Å². The summed E-state index contributed by atoms with van der Waals surface area (Å²) in [7, 11) is 0. The van der Waals surface area contributed by atoms with Gasteiger partial charge in [-0.1, -0.05) is 17.7 Å². The van der Waals surface area contributed by atoms with E-state index in [4.69, 9.17) is 16.3 Å². The molecule has 1 aromatic rings. The van der Waals surface area contributed by atoms with Crippen molar-refractivity contribution < 1.29 is 14.2 Å². The van der Waals surface area contributed by atoms with E-state index in [2.05, 4.69) is 10.2 Å². The molecule has 1 atom stereocenters. The molecule has 1 unspecified atom stereocenters. The topological polar surface area (TPSA) is 44.7 Å². The van der Waals surface area contributed by atoms with Gasteiger partial charge < -0.3 is 15.2 Å². The molecule has 19 heavy (non-hydrogen) atoms. The fourth-order valence-electron chi connectivity index (χ4n) is 2.03. The van der Waals surface area contributed by atoms with E-state index < -0.39 is 11.9 Å². The minimum absolute atomic E-state index is 0.241. The summed E-state index contributed by atoms with van der Waals surface area (Å²) in [6.07, 6.45) is -0.575. The van der Waals surface area contributed by atoms with Crippen molar-refractivity contribution in [2.24, 2.45) is 0 Å². The highest BCUT2D eigenvalue weighted by atomic mass is 35.5. The zero-order valence-corrected chi connectivity index (χ0v) is 11.4. The van der Waals surface area contributed by atoms with Gasteiger partial charge in [0.1, 0.15) is 5.82 Å².